The zero-order valence-electron chi connectivity index (χ0n) is 6.30. The second-order valence-corrected chi connectivity index (χ2v) is 1.82. The summed E-state index contributed by atoms with van der Waals surface area (Å²) in [5.74, 6) is -1.36. The van der Waals surface area contributed by atoms with E-state index in [9.17, 15) is 14.0 Å². The van der Waals surface area contributed by atoms with Gasteiger partial charge in [-0.2, -0.15) is 4.39 Å². The summed E-state index contributed by atoms with van der Waals surface area (Å²) in [4.78, 5) is 20.2. The van der Waals surface area contributed by atoms with Crippen molar-refractivity contribution < 1.29 is 23.5 Å². The molecule has 5 heteroatoms. The minimum absolute atomic E-state index is 0.547. The largest absolute Gasteiger partial charge is 0.459 e. The van der Waals surface area contributed by atoms with E-state index in [2.05, 4.69) is 9.47 Å². The van der Waals surface area contributed by atoms with E-state index in [1.165, 1.54) is 0 Å². The maximum absolute atomic E-state index is 12.3. The molecule has 0 aromatic heterocycles. The van der Waals surface area contributed by atoms with Crippen LogP contribution in [0.1, 0.15) is 13.8 Å². The van der Waals surface area contributed by atoms with Gasteiger partial charge in [0.25, 0.3) is 6.36 Å². The highest BCUT2D eigenvalue weighted by Crippen LogP contribution is 1.95. The molecule has 0 aliphatic rings. The number of halogens is 1. The molecule has 64 valence electrons. The van der Waals surface area contributed by atoms with Crippen LogP contribution in [0.4, 0.5) is 4.39 Å². The number of hydrogen-bond acceptors (Lipinski definition) is 4. The Labute approximate surface area is 63.3 Å². The van der Waals surface area contributed by atoms with Gasteiger partial charge in [-0.05, 0) is 0 Å². The molecule has 4 nitrogen and oxygen atoms in total. The quantitative estimate of drug-likeness (QED) is 0.567. The molecular weight excluding hydrogens is 155 g/mol. The molecule has 0 heterocycles. The summed E-state index contributed by atoms with van der Waals surface area (Å²) >= 11 is 0. The Bertz CT molecular complexity index is 157. The van der Waals surface area contributed by atoms with Crippen molar-refractivity contribution in [3.63, 3.8) is 0 Å². The van der Waals surface area contributed by atoms with Crippen molar-refractivity contribution in [2.24, 2.45) is 0 Å². The molecule has 0 aromatic rings. The van der Waals surface area contributed by atoms with E-state index in [-0.39, 0.29) is 0 Å². The van der Waals surface area contributed by atoms with Crippen LogP contribution in [-0.2, 0) is 19.1 Å². The number of esters is 2. The maximum atomic E-state index is 12.3. The third kappa shape index (κ3) is 6.76. The van der Waals surface area contributed by atoms with E-state index >= 15 is 0 Å². The molecule has 0 aliphatic heterocycles. The van der Waals surface area contributed by atoms with Gasteiger partial charge in [0.1, 0.15) is 0 Å². The van der Waals surface area contributed by atoms with Crippen molar-refractivity contribution in [2.45, 2.75) is 20.2 Å². The Morgan fingerprint density at radius 2 is 1.91 bits per heavy atom. The van der Waals surface area contributed by atoms with Crippen LogP contribution in [0, 0.1) is 0 Å². The predicted octanol–water partition coefficient (Wildman–Crippen LogP) is 0.408. The van der Waals surface area contributed by atoms with Gasteiger partial charge in [0, 0.05) is 13.8 Å². The second kappa shape index (κ2) is 4.65. The number of carbonyl (C=O) groups is 2. The molecule has 1 unspecified atom stereocenters. The minimum Gasteiger partial charge on any atom is -0.459 e. The van der Waals surface area contributed by atoms with Gasteiger partial charge in [0.2, 0.25) is 0 Å². The van der Waals surface area contributed by atoms with Gasteiger partial charge in [-0.15, -0.1) is 0 Å². The van der Waals surface area contributed by atoms with E-state index in [0.717, 1.165) is 13.8 Å². The summed E-state index contributed by atoms with van der Waals surface area (Å²) in [5, 5.41) is 0. The van der Waals surface area contributed by atoms with Gasteiger partial charge in [0.05, 0.1) is 0 Å². The Kier molecular flexibility index (Phi) is 4.17. The van der Waals surface area contributed by atoms with Gasteiger partial charge >= 0.3 is 11.9 Å². The summed E-state index contributed by atoms with van der Waals surface area (Å²) in [6.07, 6.45) is -1.86. The molecule has 0 saturated carbocycles. The minimum atomic E-state index is -1.86. The van der Waals surface area contributed by atoms with Crippen molar-refractivity contribution in [3.8, 4) is 0 Å². The lowest BCUT2D eigenvalue weighted by Crippen LogP contribution is -2.18. The maximum Gasteiger partial charge on any atom is 0.305 e. The van der Waals surface area contributed by atoms with Crippen molar-refractivity contribution in [3.05, 3.63) is 0 Å². The van der Waals surface area contributed by atoms with Crippen molar-refractivity contribution in [1.82, 2.24) is 0 Å². The Morgan fingerprint density at radius 3 is 2.27 bits per heavy atom. The first kappa shape index (κ1) is 9.87. The zero-order chi connectivity index (χ0) is 8.85. The molecule has 0 fully saturated rings. The molecule has 0 spiro atoms. The lowest BCUT2D eigenvalue weighted by Gasteiger charge is -2.06. The average Bonchev–Trinajstić information content (AvgIpc) is 1.82. The fraction of sp³-hybridized carbons (Fsp3) is 0.667. The summed E-state index contributed by atoms with van der Waals surface area (Å²) in [6, 6.07) is 0. The van der Waals surface area contributed by atoms with Crippen molar-refractivity contribution >= 4 is 11.9 Å². The molecule has 0 saturated heterocycles. The van der Waals surface area contributed by atoms with Gasteiger partial charge in [-0.3, -0.25) is 9.59 Å². The first-order valence-electron chi connectivity index (χ1n) is 2.97. The van der Waals surface area contributed by atoms with Gasteiger partial charge in [-0.25, -0.2) is 0 Å². The molecule has 0 radical (unpaired) electrons. The zero-order valence-corrected chi connectivity index (χ0v) is 6.30. The van der Waals surface area contributed by atoms with Gasteiger partial charge in [0.15, 0.2) is 6.61 Å². The van der Waals surface area contributed by atoms with Crippen LogP contribution in [0.3, 0.4) is 0 Å². The van der Waals surface area contributed by atoms with E-state index in [4.69, 9.17) is 0 Å². The third-order valence-electron chi connectivity index (χ3n) is 0.711. The normalized spacial score (nSPS) is 11.9. The van der Waals surface area contributed by atoms with Crippen LogP contribution < -0.4 is 0 Å². The summed E-state index contributed by atoms with van der Waals surface area (Å²) in [5.41, 5.74) is 0. The first-order chi connectivity index (χ1) is 5.02. The number of rotatable bonds is 3. The Hall–Kier alpha value is -1.13. The lowest BCUT2D eigenvalue weighted by atomic mass is 10.7. The molecule has 0 bridgehead atoms. The van der Waals surface area contributed by atoms with Crippen LogP contribution in [0.5, 0.6) is 0 Å². The van der Waals surface area contributed by atoms with Gasteiger partial charge < -0.3 is 9.47 Å². The second-order valence-electron chi connectivity index (χ2n) is 1.82. The first-order valence-corrected chi connectivity index (χ1v) is 2.97. The molecular formula is C6H9FO4. The van der Waals surface area contributed by atoms with E-state index in [1.807, 2.05) is 0 Å². The smallest absolute Gasteiger partial charge is 0.305 e. The van der Waals surface area contributed by atoms with Crippen LogP contribution >= 0.6 is 0 Å². The molecule has 1 atom stereocenters. The highest BCUT2D eigenvalue weighted by Gasteiger charge is 2.10. The lowest BCUT2D eigenvalue weighted by molar-refractivity contribution is -0.167. The average molecular weight is 164 g/mol. The fourth-order valence-electron chi connectivity index (χ4n) is 0.397. The van der Waals surface area contributed by atoms with E-state index < -0.39 is 24.9 Å². The highest BCUT2D eigenvalue weighted by molar-refractivity contribution is 5.66. The molecule has 0 aliphatic carbocycles. The Morgan fingerprint density at radius 1 is 1.36 bits per heavy atom. The SMILES string of the molecule is CC(=O)OCC(F)OC(C)=O. The standard InChI is InChI=1S/C6H9FO4/c1-4(8)10-3-6(7)11-5(2)9/h6H,3H2,1-2H3. The van der Waals surface area contributed by atoms with Crippen molar-refractivity contribution in [1.29, 1.82) is 0 Å². The number of ether oxygens (including phenoxy) is 2. The molecule has 0 rings (SSSR count). The Balaban J connectivity index is 3.44. The highest BCUT2D eigenvalue weighted by atomic mass is 19.1. The molecule has 0 aromatic carbocycles. The molecule has 11 heavy (non-hydrogen) atoms. The molecule has 0 N–H and O–H groups in total. The van der Waals surface area contributed by atoms with Crippen LogP contribution in [0.15, 0.2) is 0 Å². The van der Waals surface area contributed by atoms with Crippen LogP contribution in [0.2, 0.25) is 0 Å². The van der Waals surface area contributed by atoms with E-state index in [1.54, 1.807) is 0 Å². The fourth-order valence-corrected chi connectivity index (χ4v) is 0.397. The number of alkyl halides is 1. The number of carbonyl (C=O) groups excluding carboxylic acids is 2. The number of hydrogen-bond donors (Lipinski definition) is 0. The topological polar surface area (TPSA) is 52.6 Å². The third-order valence-corrected chi connectivity index (χ3v) is 0.711. The van der Waals surface area contributed by atoms with Crippen molar-refractivity contribution in [2.75, 3.05) is 6.61 Å². The van der Waals surface area contributed by atoms with Crippen LogP contribution in [0.25, 0.3) is 0 Å². The van der Waals surface area contributed by atoms with E-state index in [0.29, 0.717) is 0 Å². The predicted molar refractivity (Wildman–Crippen MR) is 33.3 cm³/mol. The van der Waals surface area contributed by atoms with Crippen LogP contribution in [-0.4, -0.2) is 24.9 Å². The van der Waals surface area contributed by atoms with Gasteiger partial charge in [-0.1, -0.05) is 0 Å². The summed E-state index contributed by atoms with van der Waals surface area (Å²) in [7, 11) is 0. The monoisotopic (exact) mass is 164 g/mol. The summed E-state index contributed by atoms with van der Waals surface area (Å²) in [6.45, 7) is 1.66. The summed E-state index contributed by atoms with van der Waals surface area (Å²) < 4.78 is 20.5. The molecule has 0 amide bonds.